The SMILES string of the molecule is Cn1c(=O)ccn([C@@H]2O[C@H](CO)[C@H]3OC(C)(C)O[C@@H]32)c1=O. The molecule has 0 unspecified atom stereocenters. The van der Waals surface area contributed by atoms with Crippen LogP contribution in [0.4, 0.5) is 0 Å². The van der Waals surface area contributed by atoms with Crippen LogP contribution in [0.1, 0.15) is 20.1 Å². The summed E-state index contributed by atoms with van der Waals surface area (Å²) >= 11 is 0. The zero-order valence-corrected chi connectivity index (χ0v) is 12.1. The number of aliphatic hydroxyl groups is 1. The number of rotatable bonds is 2. The van der Waals surface area contributed by atoms with Crippen LogP contribution < -0.4 is 11.2 Å². The molecule has 0 radical (unpaired) electrons. The predicted molar refractivity (Wildman–Crippen MR) is 70.8 cm³/mol. The van der Waals surface area contributed by atoms with Crippen molar-refractivity contribution in [3.05, 3.63) is 33.1 Å². The van der Waals surface area contributed by atoms with E-state index in [0.717, 1.165) is 4.57 Å². The van der Waals surface area contributed by atoms with Gasteiger partial charge in [-0.25, -0.2) is 4.79 Å². The van der Waals surface area contributed by atoms with Crippen LogP contribution in [-0.4, -0.2) is 44.9 Å². The van der Waals surface area contributed by atoms with Gasteiger partial charge in [0.05, 0.1) is 6.61 Å². The van der Waals surface area contributed by atoms with Crippen LogP contribution in [0.2, 0.25) is 0 Å². The Kier molecular flexibility index (Phi) is 3.28. The highest BCUT2D eigenvalue weighted by Gasteiger charge is 2.55. The number of ether oxygens (including phenoxy) is 3. The van der Waals surface area contributed by atoms with E-state index in [-0.39, 0.29) is 6.61 Å². The monoisotopic (exact) mass is 298 g/mol. The van der Waals surface area contributed by atoms with Gasteiger partial charge >= 0.3 is 5.69 Å². The molecule has 2 fully saturated rings. The molecule has 8 nitrogen and oxygen atoms in total. The fraction of sp³-hybridized carbons (Fsp3) is 0.692. The quantitative estimate of drug-likeness (QED) is 0.749. The van der Waals surface area contributed by atoms with Crippen LogP contribution in [0, 0.1) is 0 Å². The summed E-state index contributed by atoms with van der Waals surface area (Å²) in [5.41, 5.74) is -0.897. The lowest BCUT2D eigenvalue weighted by Gasteiger charge is -2.24. The second-order valence-electron chi connectivity index (χ2n) is 5.72. The molecule has 0 amide bonds. The third-order valence-electron chi connectivity index (χ3n) is 3.80. The summed E-state index contributed by atoms with van der Waals surface area (Å²) in [5.74, 6) is -0.810. The molecular formula is C13H18N2O6. The minimum Gasteiger partial charge on any atom is -0.394 e. The molecule has 1 aromatic rings. The lowest BCUT2D eigenvalue weighted by molar-refractivity contribution is -0.200. The average molecular weight is 298 g/mol. The van der Waals surface area contributed by atoms with Gasteiger partial charge in [0.1, 0.15) is 18.3 Å². The highest BCUT2D eigenvalue weighted by molar-refractivity contribution is 4.99. The molecule has 1 N–H and O–H groups in total. The number of hydrogen-bond donors (Lipinski definition) is 1. The molecule has 0 spiro atoms. The molecule has 116 valence electrons. The largest absolute Gasteiger partial charge is 0.394 e. The lowest BCUT2D eigenvalue weighted by Crippen LogP contribution is -2.41. The highest BCUT2D eigenvalue weighted by Crippen LogP contribution is 2.42. The van der Waals surface area contributed by atoms with Crippen LogP contribution in [0.25, 0.3) is 0 Å². The van der Waals surface area contributed by atoms with Gasteiger partial charge in [0.15, 0.2) is 12.0 Å². The second kappa shape index (κ2) is 4.77. The molecule has 2 aliphatic rings. The molecule has 2 saturated heterocycles. The van der Waals surface area contributed by atoms with E-state index < -0.39 is 41.6 Å². The van der Waals surface area contributed by atoms with Gasteiger partial charge in [-0.1, -0.05) is 0 Å². The summed E-state index contributed by atoms with van der Waals surface area (Å²) in [4.78, 5) is 23.7. The van der Waals surface area contributed by atoms with Crippen LogP contribution in [0.5, 0.6) is 0 Å². The van der Waals surface area contributed by atoms with Crippen molar-refractivity contribution in [2.45, 2.75) is 44.2 Å². The van der Waals surface area contributed by atoms with E-state index >= 15 is 0 Å². The van der Waals surface area contributed by atoms with E-state index in [1.807, 2.05) is 0 Å². The molecular weight excluding hydrogens is 280 g/mol. The van der Waals surface area contributed by atoms with Crippen molar-refractivity contribution < 1.29 is 19.3 Å². The van der Waals surface area contributed by atoms with Crippen molar-refractivity contribution in [2.75, 3.05) is 6.61 Å². The van der Waals surface area contributed by atoms with Crippen LogP contribution in [0.3, 0.4) is 0 Å². The first-order valence-electron chi connectivity index (χ1n) is 6.74. The number of nitrogens with zero attached hydrogens (tertiary/aromatic N) is 2. The first-order chi connectivity index (χ1) is 9.84. The van der Waals surface area contributed by atoms with Gasteiger partial charge in [-0.2, -0.15) is 0 Å². The van der Waals surface area contributed by atoms with Gasteiger partial charge in [-0.3, -0.25) is 13.9 Å². The van der Waals surface area contributed by atoms with Gasteiger partial charge in [0.2, 0.25) is 0 Å². The first kappa shape index (κ1) is 14.5. The molecule has 0 bridgehead atoms. The van der Waals surface area contributed by atoms with E-state index in [1.165, 1.54) is 23.9 Å². The zero-order chi connectivity index (χ0) is 15.4. The van der Waals surface area contributed by atoms with E-state index in [0.29, 0.717) is 0 Å². The molecule has 4 atom stereocenters. The Hall–Kier alpha value is -1.48. The molecule has 0 aromatic carbocycles. The third kappa shape index (κ3) is 2.24. The van der Waals surface area contributed by atoms with Gasteiger partial charge in [-0.15, -0.1) is 0 Å². The summed E-state index contributed by atoms with van der Waals surface area (Å²) in [6.45, 7) is 3.29. The van der Waals surface area contributed by atoms with E-state index in [4.69, 9.17) is 14.2 Å². The summed E-state index contributed by atoms with van der Waals surface area (Å²) in [7, 11) is 1.40. The first-order valence-corrected chi connectivity index (χ1v) is 6.74. The smallest absolute Gasteiger partial charge is 0.332 e. The molecule has 1 aromatic heterocycles. The molecule has 8 heteroatoms. The maximum Gasteiger partial charge on any atom is 0.332 e. The Balaban J connectivity index is 2.02. The minimum absolute atomic E-state index is 0.238. The molecule has 3 rings (SSSR count). The molecule has 3 heterocycles. The van der Waals surface area contributed by atoms with Crippen molar-refractivity contribution in [1.29, 1.82) is 0 Å². The molecule has 0 saturated carbocycles. The fourth-order valence-electron chi connectivity index (χ4n) is 2.81. The summed E-state index contributed by atoms with van der Waals surface area (Å²) in [6.07, 6.45) is -0.925. The normalized spacial score (nSPS) is 34.1. The van der Waals surface area contributed by atoms with Gasteiger partial charge in [0, 0.05) is 19.3 Å². The summed E-state index contributed by atoms with van der Waals surface area (Å²) in [6, 6.07) is 1.28. The Morgan fingerprint density at radius 2 is 1.95 bits per heavy atom. The lowest BCUT2D eigenvalue weighted by atomic mass is 10.1. The number of hydrogen-bond acceptors (Lipinski definition) is 6. The van der Waals surface area contributed by atoms with Crippen LogP contribution in [-0.2, 0) is 21.3 Å². The molecule has 2 aliphatic heterocycles. The standard InChI is InChI=1S/C13H18N2O6/c1-13(2)20-9-7(6-16)19-11(10(9)21-13)15-5-4-8(17)14(3)12(15)18/h4-5,7,9-11,16H,6H2,1-3H3/t7-,9-,10+,11-/m1/s1. The third-order valence-corrected chi connectivity index (χ3v) is 3.80. The Bertz CT molecular complexity index is 663. The van der Waals surface area contributed by atoms with Crippen molar-refractivity contribution in [1.82, 2.24) is 9.13 Å². The van der Waals surface area contributed by atoms with Crippen molar-refractivity contribution in [2.24, 2.45) is 7.05 Å². The molecule has 21 heavy (non-hydrogen) atoms. The van der Waals surface area contributed by atoms with Gasteiger partial charge < -0.3 is 19.3 Å². The number of aliphatic hydroxyl groups excluding tert-OH is 1. The van der Waals surface area contributed by atoms with Crippen LogP contribution >= 0.6 is 0 Å². The van der Waals surface area contributed by atoms with Crippen molar-refractivity contribution in [3.63, 3.8) is 0 Å². The van der Waals surface area contributed by atoms with Gasteiger partial charge in [0.25, 0.3) is 5.56 Å². The Morgan fingerprint density at radius 3 is 2.62 bits per heavy atom. The minimum atomic E-state index is -0.810. The summed E-state index contributed by atoms with van der Waals surface area (Å²) < 4.78 is 19.5. The zero-order valence-electron chi connectivity index (χ0n) is 12.1. The maximum absolute atomic E-state index is 12.2. The Labute approximate surface area is 120 Å². The Morgan fingerprint density at radius 1 is 1.29 bits per heavy atom. The maximum atomic E-state index is 12.2. The predicted octanol–water partition coefficient (Wildman–Crippen LogP) is -1.04. The highest BCUT2D eigenvalue weighted by atomic mass is 16.8. The van der Waals surface area contributed by atoms with Crippen LogP contribution in [0.15, 0.2) is 21.9 Å². The summed E-state index contributed by atoms with van der Waals surface area (Å²) in [5, 5.41) is 9.41. The van der Waals surface area contributed by atoms with Gasteiger partial charge in [-0.05, 0) is 13.8 Å². The van der Waals surface area contributed by atoms with E-state index in [2.05, 4.69) is 0 Å². The van der Waals surface area contributed by atoms with E-state index in [1.54, 1.807) is 13.8 Å². The fourth-order valence-corrected chi connectivity index (χ4v) is 2.81. The topological polar surface area (TPSA) is 91.9 Å². The number of fused-ring (bicyclic) bond motifs is 1. The van der Waals surface area contributed by atoms with Crippen molar-refractivity contribution in [3.8, 4) is 0 Å². The average Bonchev–Trinajstić information content (AvgIpc) is 2.90. The second-order valence-corrected chi connectivity index (χ2v) is 5.72. The van der Waals surface area contributed by atoms with E-state index in [9.17, 15) is 14.7 Å². The molecule has 0 aliphatic carbocycles. The number of aromatic nitrogens is 2. The van der Waals surface area contributed by atoms with Crippen molar-refractivity contribution >= 4 is 0 Å².